The van der Waals surface area contributed by atoms with Crippen molar-refractivity contribution in [3.05, 3.63) is 45.4 Å². The summed E-state index contributed by atoms with van der Waals surface area (Å²) in [5.41, 5.74) is 1.07. The van der Waals surface area contributed by atoms with E-state index < -0.39 is 0 Å². The number of ether oxygens (including phenoxy) is 1. The monoisotopic (exact) mass is 282 g/mol. The fraction of sp³-hybridized carbons (Fsp3) is 0.308. The highest BCUT2D eigenvalue weighted by molar-refractivity contribution is 7.16. The average Bonchev–Trinajstić information content (AvgIpc) is 2.78. The smallest absolute Gasteiger partial charge is 0.137 e. The second kappa shape index (κ2) is 6.18. The van der Waals surface area contributed by atoms with Gasteiger partial charge in [-0.3, -0.25) is 4.98 Å². The molecule has 2 heterocycles. The second-order valence-electron chi connectivity index (χ2n) is 3.75. The molecular weight excluding hydrogens is 268 g/mol. The van der Waals surface area contributed by atoms with Crippen molar-refractivity contribution in [3.8, 4) is 5.75 Å². The van der Waals surface area contributed by atoms with Crippen molar-refractivity contribution < 1.29 is 4.74 Å². The summed E-state index contributed by atoms with van der Waals surface area (Å²) in [4.78, 5) is 5.38. The van der Waals surface area contributed by atoms with Gasteiger partial charge in [0.15, 0.2) is 0 Å². The number of nitrogens with one attached hydrogen (secondary N) is 1. The lowest BCUT2D eigenvalue weighted by atomic mass is 10.1. The molecule has 0 radical (unpaired) electrons. The van der Waals surface area contributed by atoms with Crippen LogP contribution in [-0.4, -0.2) is 18.6 Å². The minimum absolute atomic E-state index is 0.0930. The Bertz CT molecular complexity index is 515. The molecule has 5 heteroatoms. The van der Waals surface area contributed by atoms with Crippen molar-refractivity contribution in [2.24, 2.45) is 0 Å². The molecule has 0 aliphatic carbocycles. The third-order valence-corrected chi connectivity index (χ3v) is 3.84. The Labute approximate surface area is 116 Å². The third kappa shape index (κ3) is 3.02. The highest BCUT2D eigenvalue weighted by atomic mass is 35.5. The molecule has 2 rings (SSSR count). The first-order chi connectivity index (χ1) is 8.74. The highest BCUT2D eigenvalue weighted by Crippen LogP contribution is 2.31. The highest BCUT2D eigenvalue weighted by Gasteiger charge is 2.15. The zero-order chi connectivity index (χ0) is 13.0. The second-order valence-corrected chi connectivity index (χ2v) is 5.50. The number of aromatic nitrogens is 1. The van der Waals surface area contributed by atoms with Crippen LogP contribution >= 0.6 is 22.9 Å². The SMILES string of the molecule is CCOc1cncc(C(NC)c2ccc(Cl)s2)c1. The van der Waals surface area contributed by atoms with Gasteiger partial charge in [-0.25, -0.2) is 0 Å². The van der Waals surface area contributed by atoms with Gasteiger partial charge in [0.2, 0.25) is 0 Å². The maximum absolute atomic E-state index is 5.98. The van der Waals surface area contributed by atoms with Crippen molar-refractivity contribution >= 4 is 22.9 Å². The molecule has 2 aromatic heterocycles. The molecule has 0 amide bonds. The number of halogens is 1. The average molecular weight is 283 g/mol. The molecule has 0 bridgehead atoms. The van der Waals surface area contributed by atoms with Gasteiger partial charge in [-0.05, 0) is 37.7 Å². The lowest BCUT2D eigenvalue weighted by molar-refractivity contribution is 0.338. The first kappa shape index (κ1) is 13.3. The summed E-state index contributed by atoms with van der Waals surface area (Å²) >= 11 is 7.55. The van der Waals surface area contributed by atoms with Crippen LogP contribution < -0.4 is 10.1 Å². The number of thiophene rings is 1. The Balaban J connectivity index is 2.29. The van der Waals surface area contributed by atoms with Gasteiger partial charge in [0.05, 0.1) is 23.2 Å². The van der Waals surface area contributed by atoms with E-state index in [1.807, 2.05) is 38.4 Å². The van der Waals surface area contributed by atoms with Gasteiger partial charge in [0, 0.05) is 11.1 Å². The summed E-state index contributed by atoms with van der Waals surface area (Å²) in [5, 5.41) is 3.27. The fourth-order valence-electron chi connectivity index (χ4n) is 1.80. The molecule has 96 valence electrons. The molecule has 0 spiro atoms. The van der Waals surface area contributed by atoms with E-state index in [1.165, 1.54) is 0 Å². The van der Waals surface area contributed by atoms with Crippen LogP contribution in [0.15, 0.2) is 30.6 Å². The predicted molar refractivity (Wildman–Crippen MR) is 75.6 cm³/mol. The van der Waals surface area contributed by atoms with Crippen molar-refractivity contribution in [2.75, 3.05) is 13.7 Å². The van der Waals surface area contributed by atoms with Gasteiger partial charge in [-0.15, -0.1) is 11.3 Å². The molecular formula is C13H15ClN2OS. The summed E-state index contributed by atoms with van der Waals surface area (Å²) in [6.45, 7) is 2.60. The van der Waals surface area contributed by atoms with Gasteiger partial charge in [-0.2, -0.15) is 0 Å². The molecule has 1 N–H and O–H groups in total. The maximum atomic E-state index is 5.98. The molecule has 0 saturated heterocycles. The quantitative estimate of drug-likeness (QED) is 0.911. The molecule has 3 nitrogen and oxygen atoms in total. The molecule has 0 fully saturated rings. The first-order valence-electron chi connectivity index (χ1n) is 5.74. The fourth-order valence-corrected chi connectivity index (χ4v) is 3.00. The molecule has 0 saturated carbocycles. The largest absolute Gasteiger partial charge is 0.492 e. The lowest BCUT2D eigenvalue weighted by Crippen LogP contribution is -2.16. The van der Waals surface area contributed by atoms with E-state index in [2.05, 4.69) is 10.3 Å². The first-order valence-corrected chi connectivity index (χ1v) is 6.94. The van der Waals surface area contributed by atoms with Crippen LogP contribution in [0.2, 0.25) is 4.34 Å². The molecule has 0 aromatic carbocycles. The van der Waals surface area contributed by atoms with E-state index in [1.54, 1.807) is 17.5 Å². The van der Waals surface area contributed by atoms with Crippen molar-refractivity contribution in [3.63, 3.8) is 0 Å². The third-order valence-electron chi connectivity index (χ3n) is 2.55. The van der Waals surface area contributed by atoms with E-state index in [0.29, 0.717) is 6.61 Å². The molecule has 0 aliphatic heterocycles. The van der Waals surface area contributed by atoms with Gasteiger partial charge in [0.1, 0.15) is 5.75 Å². The van der Waals surface area contributed by atoms with E-state index in [-0.39, 0.29) is 6.04 Å². The Hall–Kier alpha value is -1.10. The molecule has 18 heavy (non-hydrogen) atoms. The van der Waals surface area contributed by atoms with Crippen LogP contribution in [0.25, 0.3) is 0 Å². The van der Waals surface area contributed by atoms with E-state index in [0.717, 1.165) is 20.5 Å². The van der Waals surface area contributed by atoms with Gasteiger partial charge in [0.25, 0.3) is 0 Å². The van der Waals surface area contributed by atoms with Crippen LogP contribution in [0.3, 0.4) is 0 Å². The summed E-state index contributed by atoms with van der Waals surface area (Å²) in [6, 6.07) is 6.04. The lowest BCUT2D eigenvalue weighted by Gasteiger charge is -2.15. The number of pyridine rings is 1. The Morgan fingerprint density at radius 3 is 2.89 bits per heavy atom. The van der Waals surface area contributed by atoms with Crippen LogP contribution in [0, 0.1) is 0 Å². The zero-order valence-corrected chi connectivity index (χ0v) is 11.9. The number of hydrogen-bond donors (Lipinski definition) is 1. The summed E-state index contributed by atoms with van der Waals surface area (Å²) in [5.74, 6) is 0.790. The molecule has 2 aromatic rings. The molecule has 1 atom stereocenters. The number of hydrogen-bond acceptors (Lipinski definition) is 4. The van der Waals surface area contributed by atoms with Crippen LogP contribution in [0.1, 0.15) is 23.4 Å². The summed E-state index contributed by atoms with van der Waals surface area (Å²) < 4.78 is 6.26. The minimum atomic E-state index is 0.0930. The zero-order valence-electron chi connectivity index (χ0n) is 10.3. The van der Waals surface area contributed by atoms with E-state index >= 15 is 0 Å². The summed E-state index contributed by atoms with van der Waals surface area (Å²) in [7, 11) is 1.92. The van der Waals surface area contributed by atoms with Gasteiger partial charge in [-0.1, -0.05) is 11.6 Å². The number of rotatable bonds is 5. The van der Waals surface area contributed by atoms with Gasteiger partial charge >= 0.3 is 0 Å². The predicted octanol–water partition coefficient (Wildman–Crippen LogP) is 3.50. The summed E-state index contributed by atoms with van der Waals surface area (Å²) in [6.07, 6.45) is 3.57. The van der Waals surface area contributed by atoms with Crippen LogP contribution in [0.4, 0.5) is 0 Å². The normalized spacial score (nSPS) is 12.4. The topological polar surface area (TPSA) is 34.1 Å². The number of nitrogens with zero attached hydrogens (tertiary/aromatic N) is 1. The van der Waals surface area contributed by atoms with E-state index in [4.69, 9.17) is 16.3 Å². The molecule has 1 unspecified atom stereocenters. The molecule has 0 aliphatic rings. The maximum Gasteiger partial charge on any atom is 0.137 e. The van der Waals surface area contributed by atoms with Crippen molar-refractivity contribution in [2.45, 2.75) is 13.0 Å². The van der Waals surface area contributed by atoms with Gasteiger partial charge < -0.3 is 10.1 Å². The minimum Gasteiger partial charge on any atom is -0.492 e. The van der Waals surface area contributed by atoms with Crippen molar-refractivity contribution in [1.29, 1.82) is 0 Å². The van der Waals surface area contributed by atoms with Crippen LogP contribution in [-0.2, 0) is 0 Å². The Morgan fingerprint density at radius 1 is 1.44 bits per heavy atom. The standard InChI is InChI=1S/C13H15ClN2OS/c1-3-17-10-6-9(7-16-8-10)13(15-2)11-4-5-12(14)18-11/h4-8,13,15H,3H2,1-2H3. The Kier molecular flexibility index (Phi) is 4.58. The van der Waals surface area contributed by atoms with Crippen molar-refractivity contribution in [1.82, 2.24) is 10.3 Å². The Morgan fingerprint density at radius 2 is 2.28 bits per heavy atom. The van der Waals surface area contributed by atoms with E-state index in [9.17, 15) is 0 Å². The van der Waals surface area contributed by atoms with Crippen LogP contribution in [0.5, 0.6) is 5.75 Å².